The molecule has 0 amide bonds. The molecule has 5 heteroatoms. The summed E-state index contributed by atoms with van der Waals surface area (Å²) in [6.45, 7) is 6.11. The average molecular weight is 274 g/mol. The number of hydrogen-bond donors (Lipinski definition) is 1. The van der Waals surface area contributed by atoms with Crippen molar-refractivity contribution in [1.82, 2.24) is 15.0 Å². The SMILES string of the molecule is CNc1ccc(CSc2nc(C)c(C)c(C)n2)cn1. The van der Waals surface area contributed by atoms with Gasteiger partial charge in [0.05, 0.1) is 0 Å². The summed E-state index contributed by atoms with van der Waals surface area (Å²) in [6, 6.07) is 4.04. The maximum atomic E-state index is 4.50. The third-order valence-corrected chi connectivity index (χ3v) is 3.98. The van der Waals surface area contributed by atoms with Crippen LogP contribution in [0.25, 0.3) is 0 Å². The van der Waals surface area contributed by atoms with Crippen LogP contribution in [0.2, 0.25) is 0 Å². The van der Waals surface area contributed by atoms with Crippen molar-refractivity contribution in [1.29, 1.82) is 0 Å². The topological polar surface area (TPSA) is 50.7 Å². The van der Waals surface area contributed by atoms with Gasteiger partial charge in [0.25, 0.3) is 0 Å². The molecule has 19 heavy (non-hydrogen) atoms. The number of aryl methyl sites for hydroxylation is 2. The zero-order chi connectivity index (χ0) is 13.8. The van der Waals surface area contributed by atoms with Gasteiger partial charge in [0.1, 0.15) is 5.82 Å². The first kappa shape index (κ1) is 13.8. The summed E-state index contributed by atoms with van der Waals surface area (Å²) in [5.74, 6) is 1.71. The van der Waals surface area contributed by atoms with Gasteiger partial charge in [-0.1, -0.05) is 17.8 Å². The molecule has 100 valence electrons. The van der Waals surface area contributed by atoms with Gasteiger partial charge < -0.3 is 5.32 Å². The Morgan fingerprint density at radius 2 is 1.79 bits per heavy atom. The highest BCUT2D eigenvalue weighted by Crippen LogP contribution is 2.21. The number of anilines is 1. The molecule has 2 aromatic heterocycles. The monoisotopic (exact) mass is 274 g/mol. The second-order valence-corrected chi connectivity index (χ2v) is 5.33. The fraction of sp³-hybridized carbons (Fsp3) is 0.357. The summed E-state index contributed by atoms with van der Waals surface area (Å²) in [5, 5.41) is 3.84. The van der Waals surface area contributed by atoms with E-state index in [0.717, 1.165) is 28.1 Å². The molecule has 2 heterocycles. The van der Waals surface area contributed by atoms with Crippen LogP contribution in [0.15, 0.2) is 23.5 Å². The predicted octanol–water partition coefficient (Wildman–Crippen LogP) is 3.13. The normalized spacial score (nSPS) is 10.5. The molecule has 0 unspecified atom stereocenters. The van der Waals surface area contributed by atoms with E-state index < -0.39 is 0 Å². The fourth-order valence-electron chi connectivity index (χ4n) is 1.61. The zero-order valence-electron chi connectivity index (χ0n) is 11.7. The lowest BCUT2D eigenvalue weighted by Gasteiger charge is -2.07. The molecule has 0 saturated heterocycles. The van der Waals surface area contributed by atoms with Crippen molar-refractivity contribution in [2.24, 2.45) is 0 Å². The van der Waals surface area contributed by atoms with Crippen molar-refractivity contribution in [2.75, 3.05) is 12.4 Å². The number of nitrogens with one attached hydrogen (secondary N) is 1. The summed E-state index contributed by atoms with van der Waals surface area (Å²) in [4.78, 5) is 13.3. The molecule has 0 radical (unpaired) electrons. The molecule has 0 saturated carbocycles. The molecule has 0 aliphatic rings. The lowest BCUT2D eigenvalue weighted by atomic mass is 10.2. The molecule has 0 atom stereocenters. The first-order valence-electron chi connectivity index (χ1n) is 6.17. The van der Waals surface area contributed by atoms with Crippen LogP contribution < -0.4 is 5.32 Å². The van der Waals surface area contributed by atoms with Gasteiger partial charge in [0.2, 0.25) is 0 Å². The zero-order valence-corrected chi connectivity index (χ0v) is 12.5. The van der Waals surface area contributed by atoms with Crippen LogP contribution in [0.1, 0.15) is 22.5 Å². The summed E-state index contributed by atoms with van der Waals surface area (Å²) in [7, 11) is 1.86. The Balaban J connectivity index is 2.05. The summed E-state index contributed by atoms with van der Waals surface area (Å²) in [6.07, 6.45) is 1.88. The van der Waals surface area contributed by atoms with Gasteiger partial charge >= 0.3 is 0 Å². The maximum Gasteiger partial charge on any atom is 0.188 e. The molecule has 0 aliphatic carbocycles. The van der Waals surface area contributed by atoms with E-state index in [1.807, 2.05) is 33.2 Å². The lowest BCUT2D eigenvalue weighted by Crippen LogP contribution is -1.98. The van der Waals surface area contributed by atoms with Crippen molar-refractivity contribution in [3.05, 3.63) is 40.8 Å². The number of rotatable bonds is 4. The van der Waals surface area contributed by atoms with E-state index in [9.17, 15) is 0 Å². The molecule has 0 fully saturated rings. The Morgan fingerprint density at radius 3 is 2.32 bits per heavy atom. The Morgan fingerprint density at radius 1 is 1.11 bits per heavy atom. The standard InChI is InChI=1S/C14H18N4S/c1-9-10(2)17-14(18-11(9)3)19-8-12-5-6-13(15-4)16-7-12/h5-7H,8H2,1-4H3,(H,15,16). The minimum absolute atomic E-state index is 0.832. The van der Waals surface area contributed by atoms with Gasteiger partial charge in [-0.05, 0) is 38.0 Å². The first-order valence-corrected chi connectivity index (χ1v) is 7.16. The smallest absolute Gasteiger partial charge is 0.188 e. The molecule has 0 bridgehead atoms. The van der Waals surface area contributed by atoms with Gasteiger partial charge in [-0.3, -0.25) is 0 Å². The van der Waals surface area contributed by atoms with Crippen LogP contribution in [0, 0.1) is 20.8 Å². The van der Waals surface area contributed by atoms with E-state index in [1.165, 1.54) is 11.1 Å². The van der Waals surface area contributed by atoms with Crippen molar-refractivity contribution < 1.29 is 0 Å². The van der Waals surface area contributed by atoms with E-state index >= 15 is 0 Å². The van der Waals surface area contributed by atoms with Gasteiger partial charge in [-0.25, -0.2) is 15.0 Å². The fourth-order valence-corrected chi connectivity index (χ4v) is 2.48. The number of pyridine rings is 1. The van der Waals surface area contributed by atoms with E-state index in [-0.39, 0.29) is 0 Å². The van der Waals surface area contributed by atoms with Gasteiger partial charge in [-0.2, -0.15) is 0 Å². The van der Waals surface area contributed by atoms with Gasteiger partial charge in [0.15, 0.2) is 5.16 Å². The molecule has 0 aliphatic heterocycles. The third kappa shape index (κ3) is 3.44. The first-order chi connectivity index (χ1) is 9.10. The maximum absolute atomic E-state index is 4.50. The number of aromatic nitrogens is 3. The molecular formula is C14H18N4S. The van der Waals surface area contributed by atoms with Crippen molar-refractivity contribution in [2.45, 2.75) is 31.7 Å². The Bertz CT molecular complexity index is 543. The van der Waals surface area contributed by atoms with E-state index in [1.54, 1.807) is 11.8 Å². The van der Waals surface area contributed by atoms with Crippen LogP contribution >= 0.6 is 11.8 Å². The molecule has 2 aromatic rings. The molecule has 4 nitrogen and oxygen atoms in total. The van der Waals surface area contributed by atoms with E-state index in [2.05, 4.69) is 33.3 Å². The molecule has 2 rings (SSSR count). The minimum atomic E-state index is 0.832. The number of nitrogens with zero attached hydrogens (tertiary/aromatic N) is 3. The largest absolute Gasteiger partial charge is 0.373 e. The van der Waals surface area contributed by atoms with Gasteiger partial charge in [-0.15, -0.1) is 0 Å². The van der Waals surface area contributed by atoms with Crippen LogP contribution in [-0.2, 0) is 5.75 Å². The Hall–Kier alpha value is -1.62. The Labute approximate surface area is 118 Å². The average Bonchev–Trinajstić information content (AvgIpc) is 2.43. The highest BCUT2D eigenvalue weighted by molar-refractivity contribution is 7.98. The van der Waals surface area contributed by atoms with Crippen LogP contribution in [0.4, 0.5) is 5.82 Å². The second kappa shape index (κ2) is 6.02. The van der Waals surface area contributed by atoms with Crippen molar-refractivity contribution in [3.8, 4) is 0 Å². The Kier molecular flexibility index (Phi) is 4.37. The lowest BCUT2D eigenvalue weighted by molar-refractivity contribution is 0.880. The predicted molar refractivity (Wildman–Crippen MR) is 79.6 cm³/mol. The highest BCUT2D eigenvalue weighted by Gasteiger charge is 2.05. The van der Waals surface area contributed by atoms with Crippen LogP contribution in [0.3, 0.4) is 0 Å². The van der Waals surface area contributed by atoms with Crippen LogP contribution in [0.5, 0.6) is 0 Å². The molecule has 0 spiro atoms. The third-order valence-electron chi connectivity index (χ3n) is 3.06. The molecule has 0 aromatic carbocycles. The number of thioether (sulfide) groups is 1. The second-order valence-electron chi connectivity index (χ2n) is 4.39. The van der Waals surface area contributed by atoms with E-state index in [0.29, 0.717) is 0 Å². The summed E-state index contributed by atoms with van der Waals surface area (Å²) in [5.41, 5.74) is 4.45. The van der Waals surface area contributed by atoms with Crippen molar-refractivity contribution in [3.63, 3.8) is 0 Å². The number of hydrogen-bond acceptors (Lipinski definition) is 5. The molecule has 1 N–H and O–H groups in total. The van der Waals surface area contributed by atoms with E-state index in [4.69, 9.17) is 0 Å². The highest BCUT2D eigenvalue weighted by atomic mass is 32.2. The van der Waals surface area contributed by atoms with Crippen molar-refractivity contribution >= 4 is 17.6 Å². The van der Waals surface area contributed by atoms with Crippen LogP contribution in [-0.4, -0.2) is 22.0 Å². The minimum Gasteiger partial charge on any atom is -0.373 e. The van der Waals surface area contributed by atoms with Gasteiger partial charge in [0, 0.05) is 30.4 Å². The quantitative estimate of drug-likeness (QED) is 0.685. The summed E-state index contributed by atoms with van der Waals surface area (Å²) < 4.78 is 0. The summed E-state index contributed by atoms with van der Waals surface area (Å²) >= 11 is 1.64. The molecular weight excluding hydrogens is 256 g/mol.